The number of ether oxygens (including phenoxy) is 1. The van der Waals surface area contributed by atoms with E-state index in [1.54, 1.807) is 13.2 Å². The lowest BCUT2D eigenvalue weighted by Gasteiger charge is -2.10. The molecule has 0 spiro atoms. The highest BCUT2D eigenvalue weighted by atomic mass is 19.1. The molecule has 0 aliphatic carbocycles. The van der Waals surface area contributed by atoms with E-state index in [9.17, 15) is 4.39 Å². The number of fused-ring (bicyclic) bond motifs is 1. The molecular weight excluding hydrogens is 221 g/mol. The Labute approximate surface area is 98.6 Å². The predicted molar refractivity (Wildman–Crippen MR) is 65.0 cm³/mol. The Bertz CT molecular complexity index is 557. The molecule has 2 aromatic rings. The van der Waals surface area contributed by atoms with Gasteiger partial charge in [0.2, 0.25) is 0 Å². The third-order valence-corrected chi connectivity index (χ3v) is 2.57. The number of anilines is 1. The smallest absolute Gasteiger partial charge is 0.124 e. The average molecular weight is 235 g/mol. The van der Waals surface area contributed by atoms with Crippen LogP contribution < -0.4 is 11.3 Å². The quantitative estimate of drug-likeness (QED) is 0.632. The number of halogens is 1. The molecule has 0 amide bonds. The minimum atomic E-state index is -0.298. The second-order valence-corrected chi connectivity index (χ2v) is 3.86. The van der Waals surface area contributed by atoms with Crippen LogP contribution in [-0.4, -0.2) is 12.1 Å². The van der Waals surface area contributed by atoms with Crippen LogP contribution in [0.3, 0.4) is 0 Å². The number of nitrogens with one attached hydrogen (secondary N) is 1. The summed E-state index contributed by atoms with van der Waals surface area (Å²) in [4.78, 5) is 4.43. The first-order valence-corrected chi connectivity index (χ1v) is 5.21. The van der Waals surface area contributed by atoms with Crippen molar-refractivity contribution in [1.29, 1.82) is 0 Å². The van der Waals surface area contributed by atoms with E-state index >= 15 is 0 Å². The Kier molecular flexibility index (Phi) is 3.21. The van der Waals surface area contributed by atoms with E-state index in [0.717, 1.165) is 16.8 Å². The zero-order valence-electron chi connectivity index (χ0n) is 9.75. The van der Waals surface area contributed by atoms with Crippen LogP contribution >= 0.6 is 0 Å². The largest absolute Gasteiger partial charge is 0.378 e. The SMILES string of the molecule is COCc1cc(NN)c2cc(F)cc(C)c2n1. The van der Waals surface area contributed by atoms with Crippen LogP contribution in [0.2, 0.25) is 0 Å². The van der Waals surface area contributed by atoms with Gasteiger partial charge in [0.15, 0.2) is 0 Å². The van der Waals surface area contributed by atoms with Crippen LogP contribution in [0.5, 0.6) is 0 Å². The van der Waals surface area contributed by atoms with Gasteiger partial charge in [0.1, 0.15) is 5.82 Å². The summed E-state index contributed by atoms with van der Waals surface area (Å²) >= 11 is 0. The summed E-state index contributed by atoms with van der Waals surface area (Å²) in [6, 6.07) is 4.62. The molecule has 1 aromatic carbocycles. The number of benzene rings is 1. The van der Waals surface area contributed by atoms with Gasteiger partial charge < -0.3 is 10.2 Å². The number of nitrogens with zero attached hydrogens (tertiary/aromatic N) is 1. The fraction of sp³-hybridized carbons (Fsp3) is 0.250. The van der Waals surface area contributed by atoms with E-state index in [-0.39, 0.29) is 5.82 Å². The molecule has 0 radical (unpaired) electrons. The van der Waals surface area contributed by atoms with Crippen molar-refractivity contribution in [3.8, 4) is 0 Å². The summed E-state index contributed by atoms with van der Waals surface area (Å²) in [5.41, 5.74) is 5.46. The summed E-state index contributed by atoms with van der Waals surface area (Å²) in [5, 5.41) is 0.671. The van der Waals surface area contributed by atoms with Gasteiger partial charge in [-0.25, -0.2) is 9.37 Å². The highest BCUT2D eigenvalue weighted by molar-refractivity contribution is 5.93. The second kappa shape index (κ2) is 4.65. The Morgan fingerprint density at radius 1 is 1.41 bits per heavy atom. The molecule has 5 heteroatoms. The lowest BCUT2D eigenvalue weighted by atomic mass is 10.1. The summed E-state index contributed by atoms with van der Waals surface area (Å²) in [7, 11) is 1.60. The molecule has 4 nitrogen and oxygen atoms in total. The van der Waals surface area contributed by atoms with Crippen molar-refractivity contribution in [1.82, 2.24) is 4.98 Å². The van der Waals surface area contributed by atoms with Gasteiger partial charge in [-0.1, -0.05) is 0 Å². The number of hydrogen-bond acceptors (Lipinski definition) is 4. The van der Waals surface area contributed by atoms with Gasteiger partial charge in [0, 0.05) is 12.5 Å². The number of pyridine rings is 1. The van der Waals surface area contributed by atoms with Gasteiger partial charge in [-0.05, 0) is 30.7 Å². The van der Waals surface area contributed by atoms with Crippen molar-refractivity contribution in [3.05, 3.63) is 35.3 Å². The maximum atomic E-state index is 13.3. The Morgan fingerprint density at radius 2 is 2.18 bits per heavy atom. The van der Waals surface area contributed by atoms with Gasteiger partial charge in [0.25, 0.3) is 0 Å². The molecule has 0 saturated carbocycles. The number of methoxy groups -OCH3 is 1. The van der Waals surface area contributed by atoms with Crippen molar-refractivity contribution >= 4 is 16.6 Å². The molecule has 0 saturated heterocycles. The molecule has 0 bridgehead atoms. The maximum Gasteiger partial charge on any atom is 0.124 e. The van der Waals surface area contributed by atoms with Crippen LogP contribution in [0.15, 0.2) is 18.2 Å². The number of nitrogen functional groups attached to an aromatic ring is 1. The van der Waals surface area contributed by atoms with Gasteiger partial charge in [0.05, 0.1) is 23.5 Å². The Balaban J connectivity index is 2.73. The number of hydrazine groups is 1. The average Bonchev–Trinajstić information content (AvgIpc) is 2.29. The summed E-state index contributed by atoms with van der Waals surface area (Å²) in [6.07, 6.45) is 0. The topological polar surface area (TPSA) is 60.2 Å². The third kappa shape index (κ3) is 2.20. The van der Waals surface area contributed by atoms with E-state index in [1.807, 2.05) is 6.92 Å². The van der Waals surface area contributed by atoms with Crippen molar-refractivity contribution in [2.75, 3.05) is 12.5 Å². The predicted octanol–water partition coefficient (Wildman–Crippen LogP) is 2.11. The highest BCUT2D eigenvalue weighted by Crippen LogP contribution is 2.26. The summed E-state index contributed by atoms with van der Waals surface area (Å²) in [6.45, 7) is 2.21. The monoisotopic (exact) mass is 235 g/mol. The first-order chi connectivity index (χ1) is 8.15. The molecule has 2 rings (SSSR count). The standard InChI is InChI=1S/C12H14FN3O/c1-7-3-8(13)4-10-11(16-14)5-9(6-17-2)15-12(7)10/h3-5H,6,14H2,1-2H3,(H,15,16). The summed E-state index contributed by atoms with van der Waals surface area (Å²) < 4.78 is 18.4. The molecular formula is C12H14FN3O. The molecule has 0 fully saturated rings. The van der Waals surface area contributed by atoms with E-state index in [0.29, 0.717) is 17.7 Å². The molecule has 17 heavy (non-hydrogen) atoms. The number of aromatic nitrogens is 1. The van der Waals surface area contributed by atoms with Gasteiger partial charge >= 0.3 is 0 Å². The molecule has 90 valence electrons. The zero-order valence-corrected chi connectivity index (χ0v) is 9.75. The maximum absolute atomic E-state index is 13.3. The fourth-order valence-corrected chi connectivity index (χ4v) is 1.85. The van der Waals surface area contributed by atoms with Gasteiger partial charge in [-0.2, -0.15) is 0 Å². The highest BCUT2D eigenvalue weighted by Gasteiger charge is 2.09. The van der Waals surface area contributed by atoms with Crippen LogP contribution in [0.25, 0.3) is 10.9 Å². The van der Waals surface area contributed by atoms with Crippen LogP contribution in [-0.2, 0) is 11.3 Å². The molecule has 0 aliphatic heterocycles. The zero-order chi connectivity index (χ0) is 12.4. The van der Waals surface area contributed by atoms with E-state index in [4.69, 9.17) is 10.6 Å². The van der Waals surface area contributed by atoms with Gasteiger partial charge in [-0.15, -0.1) is 0 Å². The number of hydrogen-bond donors (Lipinski definition) is 2. The third-order valence-electron chi connectivity index (χ3n) is 2.57. The van der Waals surface area contributed by atoms with Crippen molar-refractivity contribution in [2.45, 2.75) is 13.5 Å². The number of nitrogens with two attached hydrogens (primary N) is 1. The first-order valence-electron chi connectivity index (χ1n) is 5.21. The van der Waals surface area contributed by atoms with Crippen LogP contribution in [0.4, 0.5) is 10.1 Å². The molecule has 1 heterocycles. The second-order valence-electron chi connectivity index (χ2n) is 3.86. The lowest BCUT2D eigenvalue weighted by Crippen LogP contribution is -2.09. The molecule has 0 unspecified atom stereocenters. The van der Waals surface area contributed by atoms with E-state index in [2.05, 4.69) is 10.4 Å². The molecule has 0 atom stereocenters. The van der Waals surface area contributed by atoms with Crippen molar-refractivity contribution < 1.29 is 9.13 Å². The fourth-order valence-electron chi connectivity index (χ4n) is 1.85. The first kappa shape index (κ1) is 11.8. The Morgan fingerprint density at radius 3 is 2.82 bits per heavy atom. The Hall–Kier alpha value is -1.72. The molecule has 0 aliphatic rings. The van der Waals surface area contributed by atoms with Crippen molar-refractivity contribution in [3.63, 3.8) is 0 Å². The normalized spacial score (nSPS) is 10.8. The lowest BCUT2D eigenvalue weighted by molar-refractivity contribution is 0.182. The minimum Gasteiger partial charge on any atom is -0.378 e. The minimum absolute atomic E-state index is 0.298. The molecule has 3 N–H and O–H groups in total. The van der Waals surface area contributed by atoms with Crippen LogP contribution in [0, 0.1) is 12.7 Å². The van der Waals surface area contributed by atoms with E-state index in [1.165, 1.54) is 12.1 Å². The number of aryl methyl sites for hydroxylation is 1. The van der Waals surface area contributed by atoms with Crippen LogP contribution in [0.1, 0.15) is 11.3 Å². The van der Waals surface area contributed by atoms with Crippen molar-refractivity contribution in [2.24, 2.45) is 5.84 Å². The number of rotatable bonds is 3. The van der Waals surface area contributed by atoms with E-state index < -0.39 is 0 Å². The molecule has 1 aromatic heterocycles. The summed E-state index contributed by atoms with van der Waals surface area (Å²) in [5.74, 6) is 5.14. The van der Waals surface area contributed by atoms with Gasteiger partial charge in [-0.3, -0.25) is 5.84 Å².